The summed E-state index contributed by atoms with van der Waals surface area (Å²) in [6.07, 6.45) is 4.26. The van der Waals surface area contributed by atoms with Crippen LogP contribution < -0.4 is 5.32 Å². The van der Waals surface area contributed by atoms with Crippen LogP contribution in [0.1, 0.15) is 18.9 Å². The lowest BCUT2D eigenvalue weighted by atomic mass is 10.6. The summed E-state index contributed by atoms with van der Waals surface area (Å²) in [4.78, 5) is 8.80. The fraction of sp³-hybridized carbons (Fsp3) is 0.500. The number of aromatic nitrogens is 6. The second-order valence-corrected chi connectivity index (χ2v) is 5.83. The molecule has 0 radical (unpaired) electrons. The summed E-state index contributed by atoms with van der Waals surface area (Å²) in [5.41, 5.74) is 0. The molecule has 0 saturated heterocycles. The molecule has 0 unspecified atom stereocenters. The molecule has 0 bridgehead atoms. The van der Waals surface area contributed by atoms with Gasteiger partial charge in [0, 0.05) is 13.1 Å². The summed E-state index contributed by atoms with van der Waals surface area (Å²) in [7, 11) is 1.84. The molecular weight excluding hydrogens is 282 g/mol. The van der Waals surface area contributed by atoms with Crippen LogP contribution >= 0.6 is 23.5 Å². The Labute approximate surface area is 119 Å². The van der Waals surface area contributed by atoms with Crippen LogP contribution in [0.4, 0.5) is 5.82 Å². The maximum Gasteiger partial charge on any atom is 0.215 e. The van der Waals surface area contributed by atoms with E-state index in [1.54, 1.807) is 0 Å². The average molecular weight is 295 g/mol. The minimum Gasteiger partial charge on any atom is -0.373 e. The van der Waals surface area contributed by atoms with E-state index in [0.29, 0.717) is 6.04 Å². The van der Waals surface area contributed by atoms with Crippen molar-refractivity contribution in [1.29, 1.82) is 0 Å². The van der Waals surface area contributed by atoms with Gasteiger partial charge in [0.2, 0.25) is 5.16 Å². The molecule has 2 aromatic heterocycles. The molecule has 0 aliphatic heterocycles. The van der Waals surface area contributed by atoms with Crippen molar-refractivity contribution in [1.82, 2.24) is 30.2 Å². The molecule has 1 fully saturated rings. The molecule has 100 valence electrons. The Kier molecular flexibility index (Phi) is 3.56. The molecular formula is C10H13N7S2. The summed E-state index contributed by atoms with van der Waals surface area (Å²) in [6, 6.07) is 2.36. The Morgan fingerprint density at radius 3 is 2.89 bits per heavy atom. The summed E-state index contributed by atoms with van der Waals surface area (Å²) >= 11 is 2.98. The van der Waals surface area contributed by atoms with Gasteiger partial charge in [0.15, 0.2) is 5.16 Å². The van der Waals surface area contributed by atoms with Crippen molar-refractivity contribution >= 4 is 29.3 Å². The Morgan fingerprint density at radius 2 is 2.21 bits per heavy atom. The maximum atomic E-state index is 4.46. The van der Waals surface area contributed by atoms with Crippen molar-refractivity contribution < 1.29 is 0 Å². The first-order valence-corrected chi connectivity index (χ1v) is 7.91. The lowest BCUT2D eigenvalue weighted by molar-refractivity contribution is 0.565. The third kappa shape index (κ3) is 2.81. The third-order valence-corrected chi connectivity index (χ3v) is 4.09. The van der Waals surface area contributed by atoms with E-state index in [-0.39, 0.29) is 0 Å². The highest BCUT2D eigenvalue weighted by Gasteiger charge is 2.28. The minimum absolute atomic E-state index is 0.461. The van der Waals surface area contributed by atoms with Gasteiger partial charge >= 0.3 is 0 Å². The van der Waals surface area contributed by atoms with Crippen LogP contribution in [0.5, 0.6) is 0 Å². The second-order valence-electron chi connectivity index (χ2n) is 4.07. The highest BCUT2D eigenvalue weighted by molar-refractivity contribution is 7.99. The predicted molar refractivity (Wildman–Crippen MR) is 73.6 cm³/mol. The molecule has 9 heteroatoms. The van der Waals surface area contributed by atoms with Gasteiger partial charge in [0.25, 0.3) is 0 Å². The molecule has 3 rings (SSSR count). The molecule has 1 N–H and O–H groups in total. The first-order chi connectivity index (χ1) is 9.30. The first-order valence-electron chi connectivity index (χ1n) is 5.86. The molecule has 1 aliphatic rings. The van der Waals surface area contributed by atoms with E-state index in [9.17, 15) is 0 Å². The summed E-state index contributed by atoms with van der Waals surface area (Å²) < 4.78 is 1.88. The zero-order chi connectivity index (χ0) is 13.2. The number of hydrogen-bond acceptors (Lipinski definition) is 8. The number of thioether (sulfide) groups is 1. The summed E-state index contributed by atoms with van der Waals surface area (Å²) in [5, 5.41) is 17.2. The zero-order valence-corrected chi connectivity index (χ0v) is 12.2. The van der Waals surface area contributed by atoms with Crippen LogP contribution in [0.15, 0.2) is 21.4 Å². The number of hydrogen-bond donors (Lipinski definition) is 1. The van der Waals surface area contributed by atoms with Gasteiger partial charge in [0.05, 0.1) is 6.04 Å². The number of tetrazole rings is 1. The molecule has 2 heterocycles. The van der Waals surface area contributed by atoms with Crippen LogP contribution in [-0.2, 0) is 0 Å². The van der Waals surface area contributed by atoms with Gasteiger partial charge in [-0.2, -0.15) is 0 Å². The second kappa shape index (κ2) is 5.33. The largest absolute Gasteiger partial charge is 0.373 e. The van der Waals surface area contributed by atoms with Gasteiger partial charge in [-0.15, -0.1) is 5.10 Å². The van der Waals surface area contributed by atoms with Crippen LogP contribution in [0.2, 0.25) is 0 Å². The Balaban J connectivity index is 1.87. The SMILES string of the molecule is CNc1cc(Sc2nnnn2C2CC2)nc(SC)n1. The molecule has 1 aliphatic carbocycles. The van der Waals surface area contributed by atoms with E-state index in [1.165, 1.54) is 23.5 Å². The quantitative estimate of drug-likeness (QED) is 0.507. The lowest BCUT2D eigenvalue weighted by Gasteiger charge is -2.05. The molecule has 19 heavy (non-hydrogen) atoms. The Hall–Kier alpha value is -1.35. The molecule has 0 amide bonds. The summed E-state index contributed by atoms with van der Waals surface area (Å²) in [6.45, 7) is 0. The van der Waals surface area contributed by atoms with Crippen molar-refractivity contribution in [2.24, 2.45) is 0 Å². The van der Waals surface area contributed by atoms with E-state index >= 15 is 0 Å². The van der Waals surface area contributed by atoms with Crippen molar-refractivity contribution in [3.63, 3.8) is 0 Å². The predicted octanol–water partition coefficient (Wildman–Crippen LogP) is 1.71. The smallest absolute Gasteiger partial charge is 0.215 e. The highest BCUT2D eigenvalue weighted by Crippen LogP contribution is 2.37. The number of nitrogens with one attached hydrogen (secondary N) is 1. The Bertz CT molecular complexity index is 559. The van der Waals surface area contributed by atoms with E-state index in [4.69, 9.17) is 0 Å². The van der Waals surface area contributed by atoms with Crippen molar-refractivity contribution in [2.45, 2.75) is 34.2 Å². The molecule has 2 aromatic rings. The monoisotopic (exact) mass is 295 g/mol. The van der Waals surface area contributed by atoms with Crippen molar-refractivity contribution in [3.05, 3.63) is 6.07 Å². The molecule has 1 saturated carbocycles. The third-order valence-electron chi connectivity index (χ3n) is 2.67. The van der Waals surface area contributed by atoms with Gasteiger partial charge in [-0.05, 0) is 41.3 Å². The van der Waals surface area contributed by atoms with Gasteiger partial charge in [-0.1, -0.05) is 11.8 Å². The van der Waals surface area contributed by atoms with E-state index in [1.807, 2.05) is 24.1 Å². The number of anilines is 1. The van der Waals surface area contributed by atoms with Crippen molar-refractivity contribution in [3.8, 4) is 0 Å². The zero-order valence-electron chi connectivity index (χ0n) is 10.6. The van der Waals surface area contributed by atoms with E-state index in [0.717, 1.165) is 34.0 Å². The maximum absolute atomic E-state index is 4.46. The normalized spacial score (nSPS) is 14.6. The van der Waals surface area contributed by atoms with Gasteiger partial charge in [-0.25, -0.2) is 14.6 Å². The van der Waals surface area contributed by atoms with Gasteiger partial charge in [0.1, 0.15) is 10.8 Å². The first kappa shape index (κ1) is 12.7. The number of rotatable bonds is 5. The van der Waals surface area contributed by atoms with Crippen LogP contribution in [0, 0.1) is 0 Å². The van der Waals surface area contributed by atoms with Crippen LogP contribution in [0.25, 0.3) is 0 Å². The molecule has 7 nitrogen and oxygen atoms in total. The highest BCUT2D eigenvalue weighted by atomic mass is 32.2. The van der Waals surface area contributed by atoms with E-state index < -0.39 is 0 Å². The lowest BCUT2D eigenvalue weighted by Crippen LogP contribution is -2.00. The van der Waals surface area contributed by atoms with Crippen LogP contribution in [0.3, 0.4) is 0 Å². The molecule has 0 atom stereocenters. The topological polar surface area (TPSA) is 81.4 Å². The molecule has 0 spiro atoms. The fourth-order valence-electron chi connectivity index (χ4n) is 1.57. The molecule has 0 aromatic carbocycles. The number of nitrogens with zero attached hydrogens (tertiary/aromatic N) is 6. The fourth-order valence-corrected chi connectivity index (χ4v) is 2.85. The van der Waals surface area contributed by atoms with Crippen LogP contribution in [-0.4, -0.2) is 43.5 Å². The van der Waals surface area contributed by atoms with E-state index in [2.05, 4.69) is 30.8 Å². The van der Waals surface area contributed by atoms with Gasteiger partial charge < -0.3 is 5.32 Å². The standard InChI is InChI=1S/C10H13N7S2/c1-11-7-5-8(13-9(12-7)18-2)19-10-14-15-16-17(10)6-3-4-6/h5-6H,3-4H2,1-2H3,(H,11,12,13). The van der Waals surface area contributed by atoms with Crippen molar-refractivity contribution in [2.75, 3.05) is 18.6 Å². The summed E-state index contributed by atoms with van der Waals surface area (Å²) in [5.74, 6) is 0.798. The minimum atomic E-state index is 0.461. The Morgan fingerprint density at radius 1 is 1.37 bits per heavy atom. The average Bonchev–Trinajstić information content (AvgIpc) is 3.19. The van der Waals surface area contributed by atoms with Gasteiger partial charge in [-0.3, -0.25) is 0 Å².